The van der Waals surface area contributed by atoms with E-state index in [0.717, 1.165) is 24.2 Å². The number of hydrogen-bond donors (Lipinski definition) is 1. The zero-order valence-electron chi connectivity index (χ0n) is 17.2. The lowest BCUT2D eigenvalue weighted by atomic mass is 9.97. The van der Waals surface area contributed by atoms with Crippen LogP contribution in [0.15, 0.2) is 54.6 Å². The van der Waals surface area contributed by atoms with Crippen LogP contribution in [0.1, 0.15) is 22.8 Å². The average Bonchev–Trinajstić information content (AvgIpc) is 2.72. The Morgan fingerprint density at radius 1 is 0.893 bits per heavy atom. The molecule has 2 aromatic carbocycles. The summed E-state index contributed by atoms with van der Waals surface area (Å²) in [5.74, 6) is 0. The van der Waals surface area contributed by atoms with Gasteiger partial charge in [-0.2, -0.15) is 0 Å². The highest BCUT2D eigenvalue weighted by molar-refractivity contribution is 5.35. The van der Waals surface area contributed by atoms with E-state index in [0.29, 0.717) is 19.8 Å². The Labute approximate surface area is 168 Å². The summed E-state index contributed by atoms with van der Waals surface area (Å²) in [7, 11) is 3.36. The predicted molar refractivity (Wildman–Crippen MR) is 112 cm³/mol. The van der Waals surface area contributed by atoms with E-state index in [1.807, 2.05) is 30.3 Å². The number of aliphatic hydroxyl groups is 1. The summed E-state index contributed by atoms with van der Waals surface area (Å²) in [6.07, 6.45) is -0.799. The second kappa shape index (κ2) is 12.6. The van der Waals surface area contributed by atoms with Crippen LogP contribution in [0.2, 0.25) is 0 Å². The van der Waals surface area contributed by atoms with Gasteiger partial charge in [0, 0.05) is 33.9 Å². The molecule has 0 spiro atoms. The van der Waals surface area contributed by atoms with Crippen molar-refractivity contribution in [2.45, 2.75) is 19.1 Å². The van der Waals surface area contributed by atoms with Gasteiger partial charge in [0.2, 0.25) is 0 Å². The van der Waals surface area contributed by atoms with Crippen molar-refractivity contribution in [3.63, 3.8) is 0 Å². The van der Waals surface area contributed by atoms with Crippen LogP contribution < -0.4 is 0 Å². The van der Waals surface area contributed by atoms with Gasteiger partial charge in [-0.1, -0.05) is 54.6 Å². The quantitative estimate of drug-likeness (QED) is 0.572. The molecule has 0 saturated heterocycles. The normalized spacial score (nSPS) is 13.6. The summed E-state index contributed by atoms with van der Waals surface area (Å²) in [5, 5.41) is 10.6. The molecule has 0 heterocycles. The minimum Gasteiger partial charge on any atom is -0.389 e. The van der Waals surface area contributed by atoms with Crippen molar-refractivity contribution in [1.29, 1.82) is 0 Å². The molecule has 0 aliphatic rings. The van der Waals surface area contributed by atoms with Crippen molar-refractivity contribution in [3.05, 3.63) is 71.3 Å². The standard InChI is InChI=1S/C23H33NO4/c1-19-9-7-8-12-22(19)23(20-10-5-4-6-11-20)28-18-21(25)17-24(13-15-26-2)14-16-27-3/h4-12,21,23,25H,13-18H2,1-3H3/t21-,23+/m0/s1. The summed E-state index contributed by atoms with van der Waals surface area (Å²) < 4.78 is 16.6. The highest BCUT2D eigenvalue weighted by atomic mass is 16.5. The first kappa shape index (κ1) is 22.5. The Morgan fingerprint density at radius 2 is 1.50 bits per heavy atom. The topological polar surface area (TPSA) is 51.2 Å². The molecule has 2 atom stereocenters. The molecular weight excluding hydrogens is 354 g/mol. The Bertz CT molecular complexity index is 657. The summed E-state index contributed by atoms with van der Waals surface area (Å²) >= 11 is 0. The fourth-order valence-electron chi connectivity index (χ4n) is 3.17. The van der Waals surface area contributed by atoms with E-state index in [1.54, 1.807) is 14.2 Å². The van der Waals surface area contributed by atoms with Crippen LogP contribution in [-0.2, 0) is 14.2 Å². The smallest absolute Gasteiger partial charge is 0.108 e. The van der Waals surface area contributed by atoms with Crippen LogP contribution in [0.3, 0.4) is 0 Å². The highest BCUT2D eigenvalue weighted by Crippen LogP contribution is 2.28. The van der Waals surface area contributed by atoms with Gasteiger partial charge in [0.1, 0.15) is 6.10 Å². The summed E-state index contributed by atoms with van der Waals surface area (Å²) in [6, 6.07) is 18.4. The lowest BCUT2D eigenvalue weighted by molar-refractivity contribution is -0.0137. The molecule has 28 heavy (non-hydrogen) atoms. The van der Waals surface area contributed by atoms with Crippen LogP contribution in [0, 0.1) is 6.92 Å². The zero-order chi connectivity index (χ0) is 20.2. The van der Waals surface area contributed by atoms with E-state index in [4.69, 9.17) is 14.2 Å². The van der Waals surface area contributed by atoms with Gasteiger partial charge in [-0.05, 0) is 23.6 Å². The van der Waals surface area contributed by atoms with Gasteiger partial charge in [0.15, 0.2) is 0 Å². The molecular formula is C23H33NO4. The number of benzene rings is 2. The summed E-state index contributed by atoms with van der Waals surface area (Å²) in [5.41, 5.74) is 3.38. The lowest BCUT2D eigenvalue weighted by Gasteiger charge is -2.26. The molecule has 5 nitrogen and oxygen atoms in total. The van der Waals surface area contributed by atoms with Gasteiger partial charge >= 0.3 is 0 Å². The van der Waals surface area contributed by atoms with E-state index in [9.17, 15) is 5.11 Å². The number of ether oxygens (including phenoxy) is 3. The third-order valence-electron chi connectivity index (χ3n) is 4.72. The van der Waals surface area contributed by atoms with E-state index in [-0.39, 0.29) is 12.7 Å². The Morgan fingerprint density at radius 3 is 2.11 bits per heavy atom. The number of hydrogen-bond acceptors (Lipinski definition) is 5. The van der Waals surface area contributed by atoms with Crippen LogP contribution in [0.25, 0.3) is 0 Å². The third kappa shape index (κ3) is 7.34. The second-order valence-corrected chi connectivity index (χ2v) is 6.92. The second-order valence-electron chi connectivity index (χ2n) is 6.92. The molecule has 5 heteroatoms. The average molecular weight is 388 g/mol. The highest BCUT2D eigenvalue weighted by Gasteiger charge is 2.19. The monoisotopic (exact) mass is 387 g/mol. The summed E-state index contributed by atoms with van der Waals surface area (Å²) in [4.78, 5) is 2.13. The largest absolute Gasteiger partial charge is 0.389 e. The van der Waals surface area contributed by atoms with Gasteiger partial charge < -0.3 is 19.3 Å². The molecule has 0 unspecified atom stereocenters. The third-order valence-corrected chi connectivity index (χ3v) is 4.72. The first-order valence-corrected chi connectivity index (χ1v) is 9.76. The van der Waals surface area contributed by atoms with Crippen molar-refractivity contribution in [1.82, 2.24) is 4.90 Å². The molecule has 0 aliphatic carbocycles. The molecule has 0 aromatic heterocycles. The molecule has 0 aliphatic heterocycles. The molecule has 0 saturated carbocycles. The number of aryl methyl sites for hydroxylation is 1. The van der Waals surface area contributed by atoms with Crippen molar-refractivity contribution < 1.29 is 19.3 Å². The van der Waals surface area contributed by atoms with Gasteiger partial charge in [0.25, 0.3) is 0 Å². The van der Waals surface area contributed by atoms with Crippen LogP contribution in [0.5, 0.6) is 0 Å². The molecule has 0 radical (unpaired) electrons. The van der Waals surface area contributed by atoms with Crippen molar-refractivity contribution in [3.8, 4) is 0 Å². The number of rotatable bonds is 13. The number of aliphatic hydroxyl groups excluding tert-OH is 1. The maximum Gasteiger partial charge on any atom is 0.108 e. The Kier molecular flexibility index (Phi) is 10.2. The van der Waals surface area contributed by atoms with E-state index in [1.165, 1.54) is 5.56 Å². The van der Waals surface area contributed by atoms with Gasteiger partial charge in [-0.25, -0.2) is 0 Å². The SMILES string of the molecule is COCCN(CCOC)C[C@H](O)CO[C@H](c1ccccc1)c1ccccc1C. The van der Waals surface area contributed by atoms with E-state index in [2.05, 4.69) is 36.1 Å². The molecule has 2 rings (SSSR count). The predicted octanol–water partition coefficient (Wildman–Crippen LogP) is 3.06. The molecule has 0 fully saturated rings. The molecule has 2 aromatic rings. The minimum absolute atomic E-state index is 0.205. The zero-order valence-corrected chi connectivity index (χ0v) is 17.2. The van der Waals surface area contributed by atoms with Gasteiger partial charge in [-0.15, -0.1) is 0 Å². The molecule has 154 valence electrons. The first-order chi connectivity index (χ1) is 13.7. The Balaban J connectivity index is 2.03. The molecule has 0 bridgehead atoms. The Hall–Kier alpha value is -1.76. The maximum atomic E-state index is 10.6. The lowest BCUT2D eigenvalue weighted by Crippen LogP contribution is -2.39. The minimum atomic E-state index is -0.594. The fourth-order valence-corrected chi connectivity index (χ4v) is 3.17. The van der Waals surface area contributed by atoms with E-state index >= 15 is 0 Å². The van der Waals surface area contributed by atoms with Crippen LogP contribution in [0.4, 0.5) is 0 Å². The number of nitrogens with zero attached hydrogens (tertiary/aromatic N) is 1. The fraction of sp³-hybridized carbons (Fsp3) is 0.478. The maximum absolute atomic E-state index is 10.6. The van der Waals surface area contributed by atoms with Crippen molar-refractivity contribution >= 4 is 0 Å². The van der Waals surface area contributed by atoms with Crippen molar-refractivity contribution in [2.24, 2.45) is 0 Å². The number of methoxy groups -OCH3 is 2. The first-order valence-electron chi connectivity index (χ1n) is 9.76. The molecule has 1 N–H and O–H groups in total. The molecule has 0 amide bonds. The van der Waals surface area contributed by atoms with E-state index < -0.39 is 6.10 Å². The van der Waals surface area contributed by atoms with Crippen molar-refractivity contribution in [2.75, 3.05) is 53.7 Å². The van der Waals surface area contributed by atoms with Crippen LogP contribution >= 0.6 is 0 Å². The van der Waals surface area contributed by atoms with Gasteiger partial charge in [0.05, 0.1) is 25.9 Å². The van der Waals surface area contributed by atoms with Crippen LogP contribution in [-0.4, -0.2) is 69.8 Å². The van der Waals surface area contributed by atoms with Gasteiger partial charge in [-0.3, -0.25) is 4.90 Å². The summed E-state index contributed by atoms with van der Waals surface area (Å²) in [6.45, 7) is 5.59.